The van der Waals surface area contributed by atoms with Crippen molar-refractivity contribution in [2.45, 2.75) is 12.3 Å². The summed E-state index contributed by atoms with van der Waals surface area (Å²) in [7, 11) is 0. The largest absolute Gasteiger partial charge is 0.481 e. The molecule has 0 spiro atoms. The lowest BCUT2D eigenvalue weighted by molar-refractivity contribution is -0.137. The fourth-order valence-corrected chi connectivity index (χ4v) is 3.17. The van der Waals surface area contributed by atoms with E-state index >= 15 is 0 Å². The van der Waals surface area contributed by atoms with Gasteiger partial charge in [0, 0.05) is 28.6 Å². The standard InChI is InChI=1S/C18H15NO4/c20-17(21)8-13(12-5-3-7-16-18(12)23-10-22-16)14-9-19-15-6-2-1-4-11(14)15/h1-7,9,13,19H,8,10H2,(H,20,21). The number of para-hydroxylation sites is 2. The Hall–Kier alpha value is -2.95. The lowest BCUT2D eigenvalue weighted by Gasteiger charge is -2.17. The molecule has 1 unspecified atom stereocenters. The molecule has 1 aliphatic rings. The number of carboxylic acid groups (broad SMARTS) is 1. The third kappa shape index (κ3) is 2.30. The highest BCUT2D eigenvalue weighted by Gasteiger charge is 2.27. The van der Waals surface area contributed by atoms with E-state index in [0.29, 0.717) is 11.5 Å². The zero-order valence-electron chi connectivity index (χ0n) is 12.3. The quantitative estimate of drug-likeness (QED) is 0.773. The van der Waals surface area contributed by atoms with Crippen LogP contribution < -0.4 is 9.47 Å². The number of aromatic nitrogens is 1. The Labute approximate surface area is 132 Å². The Bertz CT molecular complexity index is 884. The van der Waals surface area contributed by atoms with Gasteiger partial charge in [-0.25, -0.2) is 0 Å². The fourth-order valence-electron chi connectivity index (χ4n) is 3.17. The van der Waals surface area contributed by atoms with Crippen molar-refractivity contribution in [2.75, 3.05) is 6.79 Å². The molecule has 0 fully saturated rings. The van der Waals surface area contributed by atoms with E-state index < -0.39 is 5.97 Å². The van der Waals surface area contributed by atoms with Crippen LogP contribution in [0.25, 0.3) is 10.9 Å². The van der Waals surface area contributed by atoms with E-state index in [-0.39, 0.29) is 19.1 Å². The number of benzene rings is 2. The molecule has 0 aliphatic carbocycles. The SMILES string of the molecule is O=C(O)CC(c1cccc2c1OCO2)c1c[nH]c2ccccc12. The number of nitrogens with one attached hydrogen (secondary N) is 1. The Kier molecular flexibility index (Phi) is 3.19. The van der Waals surface area contributed by atoms with Gasteiger partial charge in [-0.15, -0.1) is 0 Å². The van der Waals surface area contributed by atoms with Crippen LogP contribution in [0.2, 0.25) is 0 Å². The summed E-state index contributed by atoms with van der Waals surface area (Å²) < 4.78 is 11.0. The van der Waals surface area contributed by atoms with E-state index in [1.165, 1.54) is 0 Å². The third-order valence-electron chi connectivity index (χ3n) is 4.18. The van der Waals surface area contributed by atoms with Crippen molar-refractivity contribution in [1.29, 1.82) is 0 Å². The van der Waals surface area contributed by atoms with E-state index in [1.807, 2.05) is 48.7 Å². The number of fused-ring (bicyclic) bond motifs is 2. The summed E-state index contributed by atoms with van der Waals surface area (Å²) in [6.45, 7) is 0.167. The van der Waals surface area contributed by atoms with Crippen LogP contribution in [-0.2, 0) is 4.79 Å². The van der Waals surface area contributed by atoms with Crippen LogP contribution in [0.5, 0.6) is 11.5 Å². The lowest BCUT2D eigenvalue weighted by Crippen LogP contribution is -2.08. The van der Waals surface area contributed by atoms with Gasteiger partial charge in [0.25, 0.3) is 0 Å². The van der Waals surface area contributed by atoms with Gasteiger partial charge in [-0.1, -0.05) is 30.3 Å². The highest BCUT2D eigenvalue weighted by atomic mass is 16.7. The minimum absolute atomic E-state index is 0.0122. The number of H-pyrrole nitrogens is 1. The molecule has 0 saturated heterocycles. The Balaban J connectivity index is 1.89. The Morgan fingerprint density at radius 1 is 1.13 bits per heavy atom. The van der Waals surface area contributed by atoms with Gasteiger partial charge in [0.15, 0.2) is 11.5 Å². The van der Waals surface area contributed by atoms with Crippen molar-refractivity contribution in [1.82, 2.24) is 4.98 Å². The number of rotatable bonds is 4. The van der Waals surface area contributed by atoms with Crippen molar-refractivity contribution in [3.63, 3.8) is 0 Å². The first-order chi connectivity index (χ1) is 11.2. The van der Waals surface area contributed by atoms with E-state index in [0.717, 1.165) is 22.0 Å². The van der Waals surface area contributed by atoms with Crippen LogP contribution in [0.3, 0.4) is 0 Å². The van der Waals surface area contributed by atoms with E-state index in [1.54, 1.807) is 0 Å². The molecule has 0 amide bonds. The van der Waals surface area contributed by atoms with Crippen LogP contribution in [0.4, 0.5) is 0 Å². The first-order valence-electron chi connectivity index (χ1n) is 7.40. The zero-order chi connectivity index (χ0) is 15.8. The topological polar surface area (TPSA) is 71.6 Å². The number of aliphatic carboxylic acids is 1. The second-order valence-electron chi connectivity index (χ2n) is 5.52. The molecular weight excluding hydrogens is 294 g/mol. The number of hydrogen-bond donors (Lipinski definition) is 2. The predicted octanol–water partition coefficient (Wildman–Crippen LogP) is 3.50. The summed E-state index contributed by atoms with van der Waals surface area (Å²) >= 11 is 0. The molecule has 2 aromatic carbocycles. The first kappa shape index (κ1) is 13.7. The van der Waals surface area contributed by atoms with Crippen molar-refractivity contribution in [3.05, 3.63) is 59.8 Å². The molecule has 2 heterocycles. The molecule has 116 valence electrons. The normalized spacial score (nSPS) is 14.1. The molecular formula is C18H15NO4. The lowest BCUT2D eigenvalue weighted by atomic mass is 9.87. The summed E-state index contributed by atoms with van der Waals surface area (Å²) in [6.07, 6.45) is 1.87. The van der Waals surface area contributed by atoms with Gasteiger partial charge < -0.3 is 19.6 Å². The van der Waals surface area contributed by atoms with Crippen LogP contribution in [0.1, 0.15) is 23.5 Å². The Morgan fingerprint density at radius 2 is 2.00 bits per heavy atom. The van der Waals surface area contributed by atoms with Crippen molar-refractivity contribution >= 4 is 16.9 Å². The highest BCUT2D eigenvalue weighted by Crippen LogP contribution is 2.43. The molecule has 4 rings (SSSR count). The van der Waals surface area contributed by atoms with Gasteiger partial charge in [-0.3, -0.25) is 4.79 Å². The second-order valence-corrected chi connectivity index (χ2v) is 5.52. The summed E-state index contributed by atoms with van der Waals surface area (Å²) in [5.74, 6) is 0.152. The molecule has 23 heavy (non-hydrogen) atoms. The maximum atomic E-state index is 11.4. The minimum Gasteiger partial charge on any atom is -0.481 e. The molecule has 0 bridgehead atoms. The molecule has 5 heteroatoms. The number of aromatic amines is 1. The van der Waals surface area contributed by atoms with Crippen molar-refractivity contribution in [3.8, 4) is 11.5 Å². The van der Waals surface area contributed by atoms with Crippen molar-refractivity contribution in [2.24, 2.45) is 0 Å². The third-order valence-corrected chi connectivity index (χ3v) is 4.18. The molecule has 1 aromatic heterocycles. The van der Waals surface area contributed by atoms with Gasteiger partial charge in [-0.2, -0.15) is 0 Å². The summed E-state index contributed by atoms with van der Waals surface area (Å²) in [5.41, 5.74) is 2.78. The fraction of sp³-hybridized carbons (Fsp3) is 0.167. The molecule has 0 saturated carbocycles. The maximum absolute atomic E-state index is 11.4. The summed E-state index contributed by atoms with van der Waals surface area (Å²) in [4.78, 5) is 14.6. The van der Waals surface area contributed by atoms with Gasteiger partial charge in [0.1, 0.15) is 0 Å². The Morgan fingerprint density at radius 3 is 2.87 bits per heavy atom. The van der Waals surface area contributed by atoms with E-state index in [2.05, 4.69) is 4.98 Å². The average molecular weight is 309 g/mol. The first-order valence-corrected chi connectivity index (χ1v) is 7.40. The summed E-state index contributed by atoms with van der Waals surface area (Å²) in [5, 5.41) is 10.4. The van der Waals surface area contributed by atoms with Gasteiger partial charge in [-0.05, 0) is 17.7 Å². The highest BCUT2D eigenvalue weighted by molar-refractivity contribution is 5.85. The van der Waals surface area contributed by atoms with E-state index in [9.17, 15) is 9.90 Å². The summed E-state index contributed by atoms with van der Waals surface area (Å²) in [6, 6.07) is 13.5. The molecule has 2 N–H and O–H groups in total. The van der Waals surface area contributed by atoms with Crippen LogP contribution in [0, 0.1) is 0 Å². The van der Waals surface area contributed by atoms with Crippen LogP contribution in [0.15, 0.2) is 48.7 Å². The van der Waals surface area contributed by atoms with Gasteiger partial charge in [0.2, 0.25) is 6.79 Å². The van der Waals surface area contributed by atoms with Gasteiger partial charge >= 0.3 is 5.97 Å². The smallest absolute Gasteiger partial charge is 0.304 e. The molecule has 1 aliphatic heterocycles. The maximum Gasteiger partial charge on any atom is 0.304 e. The number of carboxylic acids is 1. The molecule has 1 atom stereocenters. The van der Waals surface area contributed by atoms with Gasteiger partial charge in [0.05, 0.1) is 6.42 Å². The molecule has 3 aromatic rings. The predicted molar refractivity (Wildman–Crippen MR) is 85.0 cm³/mol. The zero-order valence-corrected chi connectivity index (χ0v) is 12.3. The monoisotopic (exact) mass is 309 g/mol. The molecule has 0 radical (unpaired) electrons. The number of ether oxygens (including phenoxy) is 2. The second kappa shape index (κ2) is 5.35. The minimum atomic E-state index is -0.850. The van der Waals surface area contributed by atoms with Crippen LogP contribution in [-0.4, -0.2) is 22.9 Å². The van der Waals surface area contributed by atoms with Crippen LogP contribution >= 0.6 is 0 Å². The van der Waals surface area contributed by atoms with Crippen molar-refractivity contribution < 1.29 is 19.4 Å². The van der Waals surface area contributed by atoms with E-state index in [4.69, 9.17) is 9.47 Å². The number of hydrogen-bond acceptors (Lipinski definition) is 3. The average Bonchev–Trinajstić information content (AvgIpc) is 3.19. The molecule has 5 nitrogen and oxygen atoms in total. The number of carbonyl (C=O) groups is 1.